The highest BCUT2D eigenvalue weighted by atomic mass is 16.3. The van der Waals surface area contributed by atoms with E-state index in [1.165, 1.54) is 11.1 Å². The van der Waals surface area contributed by atoms with E-state index in [0.29, 0.717) is 5.95 Å². The van der Waals surface area contributed by atoms with E-state index in [-0.39, 0.29) is 0 Å². The molecule has 1 aliphatic rings. The number of benzene rings is 1. The zero-order valence-corrected chi connectivity index (χ0v) is 14.0. The normalized spacial score (nSPS) is 15.2. The average Bonchev–Trinajstić information content (AvgIpc) is 2.60. The Balaban J connectivity index is 1.87. The van der Waals surface area contributed by atoms with Crippen LogP contribution in [0.2, 0.25) is 0 Å². The van der Waals surface area contributed by atoms with E-state index in [9.17, 15) is 5.11 Å². The lowest BCUT2D eigenvalue weighted by molar-refractivity contribution is 0.199. The molecule has 2 N–H and O–H groups in total. The number of rotatable bonds is 4. The maximum atomic E-state index is 9.74. The molecule has 122 valence electrons. The van der Waals surface area contributed by atoms with Gasteiger partial charge in [-0.2, -0.15) is 4.98 Å². The monoisotopic (exact) mass is 312 g/mol. The third kappa shape index (κ3) is 3.29. The Hall–Kier alpha value is -2.14. The van der Waals surface area contributed by atoms with Crippen LogP contribution in [-0.4, -0.2) is 28.7 Å². The molecule has 1 aliphatic heterocycles. The number of aromatic nitrogens is 2. The van der Waals surface area contributed by atoms with Crippen LogP contribution < -0.4 is 10.2 Å². The fourth-order valence-corrected chi connectivity index (χ4v) is 2.97. The van der Waals surface area contributed by atoms with Crippen LogP contribution in [0.5, 0.6) is 0 Å². The molecule has 1 aromatic heterocycles. The Kier molecular flexibility index (Phi) is 4.48. The standard InChI is InChI=1S/C18H24N4O/c1-4-16-10-17(21-18(19-3)20-16)22-8-7-14-9-13(12(2)23)5-6-15(14)11-22/h5-6,9-10,12,23H,4,7-8,11H2,1-3H3,(H,19,20,21)/t12-/m0/s1. The molecule has 5 heteroatoms. The van der Waals surface area contributed by atoms with E-state index in [1.54, 1.807) is 0 Å². The van der Waals surface area contributed by atoms with E-state index in [2.05, 4.69) is 45.3 Å². The summed E-state index contributed by atoms with van der Waals surface area (Å²) in [4.78, 5) is 11.4. The highest BCUT2D eigenvalue weighted by molar-refractivity contribution is 5.48. The molecule has 5 nitrogen and oxygen atoms in total. The van der Waals surface area contributed by atoms with Crippen molar-refractivity contribution in [1.29, 1.82) is 0 Å². The summed E-state index contributed by atoms with van der Waals surface area (Å²) in [6.07, 6.45) is 1.45. The SMILES string of the molecule is CCc1cc(N2CCc3cc([C@H](C)O)ccc3C2)nc(NC)n1. The van der Waals surface area contributed by atoms with Crippen LogP contribution >= 0.6 is 0 Å². The lowest BCUT2D eigenvalue weighted by atomic mass is 9.96. The Bertz CT molecular complexity index is 677. The van der Waals surface area contributed by atoms with Crippen LogP contribution in [0.3, 0.4) is 0 Å². The summed E-state index contributed by atoms with van der Waals surface area (Å²) in [6, 6.07) is 8.36. The van der Waals surface area contributed by atoms with Crippen LogP contribution in [0.4, 0.5) is 11.8 Å². The Morgan fingerprint density at radius 1 is 1.26 bits per heavy atom. The van der Waals surface area contributed by atoms with E-state index in [4.69, 9.17) is 0 Å². The summed E-state index contributed by atoms with van der Waals surface area (Å²) in [5.41, 5.74) is 4.68. The van der Waals surface area contributed by atoms with E-state index in [0.717, 1.165) is 43.0 Å². The number of aliphatic hydroxyl groups is 1. The molecule has 0 aliphatic carbocycles. The number of hydrogen-bond donors (Lipinski definition) is 2. The van der Waals surface area contributed by atoms with Crippen LogP contribution in [0.15, 0.2) is 24.3 Å². The van der Waals surface area contributed by atoms with Crippen molar-refractivity contribution in [2.75, 3.05) is 23.8 Å². The molecule has 0 saturated heterocycles. The first-order valence-electron chi connectivity index (χ1n) is 8.21. The van der Waals surface area contributed by atoms with Crippen LogP contribution in [0.25, 0.3) is 0 Å². The van der Waals surface area contributed by atoms with Crippen molar-refractivity contribution >= 4 is 11.8 Å². The van der Waals surface area contributed by atoms with Gasteiger partial charge in [0.1, 0.15) is 5.82 Å². The largest absolute Gasteiger partial charge is 0.389 e. The molecule has 0 fully saturated rings. The molecule has 3 rings (SSSR count). The van der Waals surface area contributed by atoms with Gasteiger partial charge in [-0.25, -0.2) is 4.98 Å². The number of hydrogen-bond acceptors (Lipinski definition) is 5. The third-order valence-electron chi connectivity index (χ3n) is 4.40. The molecule has 0 bridgehead atoms. The summed E-state index contributed by atoms with van der Waals surface area (Å²) >= 11 is 0. The van der Waals surface area contributed by atoms with Gasteiger partial charge in [0.15, 0.2) is 0 Å². The zero-order valence-electron chi connectivity index (χ0n) is 14.0. The van der Waals surface area contributed by atoms with Gasteiger partial charge in [-0.05, 0) is 36.5 Å². The van der Waals surface area contributed by atoms with Crippen LogP contribution in [0.1, 0.15) is 42.3 Å². The smallest absolute Gasteiger partial charge is 0.224 e. The van der Waals surface area contributed by atoms with Gasteiger partial charge in [-0.15, -0.1) is 0 Å². The molecule has 0 unspecified atom stereocenters. The van der Waals surface area contributed by atoms with Crippen molar-refractivity contribution in [3.63, 3.8) is 0 Å². The average molecular weight is 312 g/mol. The second kappa shape index (κ2) is 6.54. The summed E-state index contributed by atoms with van der Waals surface area (Å²) < 4.78 is 0. The van der Waals surface area contributed by atoms with Crippen molar-refractivity contribution in [3.8, 4) is 0 Å². The molecule has 0 saturated carbocycles. The number of nitrogens with zero attached hydrogens (tertiary/aromatic N) is 3. The first kappa shape index (κ1) is 15.7. The molecule has 0 amide bonds. The highest BCUT2D eigenvalue weighted by Gasteiger charge is 2.19. The van der Waals surface area contributed by atoms with Gasteiger partial charge in [-0.1, -0.05) is 25.1 Å². The van der Waals surface area contributed by atoms with Gasteiger partial charge in [0.25, 0.3) is 0 Å². The predicted molar refractivity (Wildman–Crippen MR) is 92.8 cm³/mol. The zero-order chi connectivity index (χ0) is 16.4. The summed E-state index contributed by atoms with van der Waals surface area (Å²) in [5, 5.41) is 12.8. The summed E-state index contributed by atoms with van der Waals surface area (Å²) in [6.45, 7) is 5.69. The lowest BCUT2D eigenvalue weighted by Crippen LogP contribution is -2.31. The van der Waals surface area contributed by atoms with Gasteiger partial charge in [0, 0.05) is 31.9 Å². The minimum absolute atomic E-state index is 0.412. The number of nitrogens with one attached hydrogen (secondary N) is 1. The molecular weight excluding hydrogens is 288 g/mol. The summed E-state index contributed by atoms with van der Waals surface area (Å²) in [5.74, 6) is 1.65. The van der Waals surface area contributed by atoms with E-state index in [1.807, 2.05) is 20.0 Å². The fourth-order valence-electron chi connectivity index (χ4n) is 2.97. The van der Waals surface area contributed by atoms with Crippen molar-refractivity contribution in [2.24, 2.45) is 0 Å². The van der Waals surface area contributed by atoms with Gasteiger partial charge in [0.05, 0.1) is 6.10 Å². The van der Waals surface area contributed by atoms with Gasteiger partial charge in [-0.3, -0.25) is 0 Å². The minimum atomic E-state index is -0.412. The Labute approximate surface area is 137 Å². The van der Waals surface area contributed by atoms with Gasteiger partial charge >= 0.3 is 0 Å². The van der Waals surface area contributed by atoms with Crippen molar-refractivity contribution in [3.05, 3.63) is 46.6 Å². The van der Waals surface area contributed by atoms with Crippen molar-refractivity contribution < 1.29 is 5.11 Å². The quantitative estimate of drug-likeness (QED) is 0.909. The number of anilines is 2. The molecule has 0 spiro atoms. The van der Waals surface area contributed by atoms with Crippen molar-refractivity contribution in [2.45, 2.75) is 39.3 Å². The first-order valence-corrected chi connectivity index (χ1v) is 8.21. The van der Waals surface area contributed by atoms with E-state index < -0.39 is 6.10 Å². The molecule has 1 aromatic carbocycles. The van der Waals surface area contributed by atoms with Crippen molar-refractivity contribution in [1.82, 2.24) is 9.97 Å². The Morgan fingerprint density at radius 2 is 2.09 bits per heavy atom. The lowest BCUT2D eigenvalue weighted by Gasteiger charge is -2.30. The molecule has 1 atom stereocenters. The molecule has 0 radical (unpaired) electrons. The molecular formula is C18H24N4O. The van der Waals surface area contributed by atoms with E-state index >= 15 is 0 Å². The number of aryl methyl sites for hydroxylation is 1. The predicted octanol–water partition coefficient (Wildman–Crippen LogP) is 2.70. The molecule has 2 heterocycles. The minimum Gasteiger partial charge on any atom is -0.389 e. The van der Waals surface area contributed by atoms with Gasteiger partial charge in [0.2, 0.25) is 5.95 Å². The number of fused-ring (bicyclic) bond motifs is 1. The third-order valence-corrected chi connectivity index (χ3v) is 4.40. The molecule has 2 aromatic rings. The maximum absolute atomic E-state index is 9.74. The van der Waals surface area contributed by atoms with Crippen LogP contribution in [-0.2, 0) is 19.4 Å². The number of aliphatic hydroxyl groups excluding tert-OH is 1. The van der Waals surface area contributed by atoms with Crippen LogP contribution in [0, 0.1) is 0 Å². The highest BCUT2D eigenvalue weighted by Crippen LogP contribution is 2.26. The fraction of sp³-hybridized carbons (Fsp3) is 0.444. The summed E-state index contributed by atoms with van der Waals surface area (Å²) in [7, 11) is 1.85. The molecule has 23 heavy (non-hydrogen) atoms. The first-order chi connectivity index (χ1) is 11.1. The second-order valence-corrected chi connectivity index (χ2v) is 6.02. The maximum Gasteiger partial charge on any atom is 0.224 e. The topological polar surface area (TPSA) is 61.3 Å². The van der Waals surface area contributed by atoms with Gasteiger partial charge < -0.3 is 15.3 Å². The Morgan fingerprint density at radius 3 is 2.78 bits per heavy atom. The second-order valence-electron chi connectivity index (χ2n) is 6.02.